The molecule has 0 saturated carbocycles. The first-order valence-electron chi connectivity index (χ1n) is 5.71. The summed E-state index contributed by atoms with van der Waals surface area (Å²) in [6.45, 7) is 5.67. The van der Waals surface area contributed by atoms with Crippen molar-refractivity contribution in [1.29, 1.82) is 0 Å². The molecule has 0 aliphatic carbocycles. The van der Waals surface area contributed by atoms with Gasteiger partial charge in [0.25, 0.3) is 0 Å². The van der Waals surface area contributed by atoms with Crippen LogP contribution in [0, 0.1) is 0 Å². The molecule has 0 unspecified atom stereocenters. The maximum atomic E-state index is 11.0. The topological polar surface area (TPSA) is 29.1 Å². The van der Waals surface area contributed by atoms with Crippen LogP contribution in [-0.4, -0.2) is 5.91 Å². The summed E-state index contributed by atoms with van der Waals surface area (Å²) in [4.78, 5) is 11.0. The van der Waals surface area contributed by atoms with E-state index in [9.17, 15) is 4.79 Å². The van der Waals surface area contributed by atoms with Crippen molar-refractivity contribution < 1.29 is 4.79 Å². The molecule has 0 saturated heterocycles. The molecule has 82 valence electrons. The van der Waals surface area contributed by atoms with Gasteiger partial charge in [0.1, 0.15) is 0 Å². The Morgan fingerprint density at radius 1 is 1.14 bits per heavy atom. The van der Waals surface area contributed by atoms with E-state index in [1.165, 1.54) is 44.7 Å². The highest BCUT2D eigenvalue weighted by Gasteiger charge is 1.97. The van der Waals surface area contributed by atoms with E-state index in [0.29, 0.717) is 6.42 Å². The SMILES string of the molecule is C=CNC(=O)CCCCCCCCC. The van der Waals surface area contributed by atoms with Gasteiger partial charge in [-0.25, -0.2) is 0 Å². The van der Waals surface area contributed by atoms with Crippen molar-refractivity contribution in [3.63, 3.8) is 0 Å². The second-order valence-corrected chi connectivity index (χ2v) is 3.64. The molecule has 1 amide bonds. The Morgan fingerprint density at radius 3 is 2.29 bits per heavy atom. The molecule has 2 heteroatoms. The van der Waals surface area contributed by atoms with Crippen LogP contribution in [-0.2, 0) is 4.79 Å². The van der Waals surface area contributed by atoms with Crippen LogP contribution >= 0.6 is 0 Å². The Morgan fingerprint density at radius 2 is 1.71 bits per heavy atom. The van der Waals surface area contributed by atoms with Crippen molar-refractivity contribution in [2.75, 3.05) is 0 Å². The lowest BCUT2D eigenvalue weighted by molar-refractivity contribution is -0.120. The fourth-order valence-corrected chi connectivity index (χ4v) is 1.43. The van der Waals surface area contributed by atoms with Crippen LogP contribution in [0.1, 0.15) is 58.3 Å². The van der Waals surface area contributed by atoms with Crippen molar-refractivity contribution in [2.45, 2.75) is 58.3 Å². The second-order valence-electron chi connectivity index (χ2n) is 3.64. The second kappa shape index (κ2) is 10.3. The maximum absolute atomic E-state index is 11.0. The van der Waals surface area contributed by atoms with Crippen LogP contribution in [0.5, 0.6) is 0 Å². The molecule has 2 nitrogen and oxygen atoms in total. The molecule has 0 aromatic carbocycles. The zero-order chi connectivity index (χ0) is 10.6. The number of carbonyl (C=O) groups is 1. The number of rotatable bonds is 9. The zero-order valence-electron chi connectivity index (χ0n) is 9.35. The molecule has 0 atom stereocenters. The van der Waals surface area contributed by atoms with Crippen LogP contribution in [0.3, 0.4) is 0 Å². The summed E-state index contributed by atoms with van der Waals surface area (Å²) in [6.07, 6.45) is 10.8. The first-order chi connectivity index (χ1) is 6.81. The standard InChI is InChI=1S/C12H23NO/c1-3-5-6-7-8-9-10-11-12(14)13-4-2/h4H,2-3,5-11H2,1H3,(H,13,14). The van der Waals surface area contributed by atoms with Gasteiger partial charge in [0.05, 0.1) is 0 Å². The zero-order valence-corrected chi connectivity index (χ0v) is 9.35. The van der Waals surface area contributed by atoms with Crippen molar-refractivity contribution in [1.82, 2.24) is 5.32 Å². The van der Waals surface area contributed by atoms with Crippen molar-refractivity contribution in [2.24, 2.45) is 0 Å². The summed E-state index contributed by atoms with van der Waals surface area (Å²) in [5.74, 6) is 0.0913. The molecule has 0 heterocycles. The molecule has 0 aliphatic rings. The molecule has 0 aromatic rings. The van der Waals surface area contributed by atoms with Crippen LogP contribution in [0.4, 0.5) is 0 Å². The fourth-order valence-electron chi connectivity index (χ4n) is 1.43. The molecule has 14 heavy (non-hydrogen) atoms. The van der Waals surface area contributed by atoms with Gasteiger partial charge in [0, 0.05) is 6.42 Å². The van der Waals surface area contributed by atoms with E-state index < -0.39 is 0 Å². The van der Waals surface area contributed by atoms with Gasteiger partial charge in [0.15, 0.2) is 0 Å². The van der Waals surface area contributed by atoms with Crippen molar-refractivity contribution >= 4 is 5.91 Å². The lowest BCUT2D eigenvalue weighted by atomic mass is 10.1. The summed E-state index contributed by atoms with van der Waals surface area (Å²) in [6, 6.07) is 0. The summed E-state index contributed by atoms with van der Waals surface area (Å²) in [5.41, 5.74) is 0. The summed E-state index contributed by atoms with van der Waals surface area (Å²) in [5, 5.41) is 2.58. The van der Waals surface area contributed by atoms with Gasteiger partial charge in [0.2, 0.25) is 5.91 Å². The number of nitrogens with one attached hydrogen (secondary N) is 1. The van der Waals surface area contributed by atoms with Gasteiger partial charge < -0.3 is 5.32 Å². The minimum absolute atomic E-state index is 0.0913. The number of hydrogen-bond acceptors (Lipinski definition) is 1. The number of unbranched alkanes of at least 4 members (excludes halogenated alkanes) is 6. The summed E-state index contributed by atoms with van der Waals surface area (Å²) >= 11 is 0. The molecular formula is C12H23NO. The molecule has 0 radical (unpaired) electrons. The number of carbonyl (C=O) groups excluding carboxylic acids is 1. The van der Waals surface area contributed by atoms with Crippen LogP contribution in [0.25, 0.3) is 0 Å². The Hall–Kier alpha value is -0.790. The molecule has 0 aliphatic heterocycles. The Balaban J connectivity index is 3.05. The van der Waals surface area contributed by atoms with Crippen LogP contribution in [0.2, 0.25) is 0 Å². The van der Waals surface area contributed by atoms with E-state index in [-0.39, 0.29) is 5.91 Å². The molecule has 0 rings (SSSR count). The monoisotopic (exact) mass is 197 g/mol. The van der Waals surface area contributed by atoms with E-state index in [1.807, 2.05) is 0 Å². The summed E-state index contributed by atoms with van der Waals surface area (Å²) < 4.78 is 0. The Kier molecular flexibility index (Phi) is 9.71. The smallest absolute Gasteiger partial charge is 0.223 e. The van der Waals surface area contributed by atoms with E-state index >= 15 is 0 Å². The average molecular weight is 197 g/mol. The fraction of sp³-hybridized carbons (Fsp3) is 0.750. The third-order valence-electron chi connectivity index (χ3n) is 2.27. The van der Waals surface area contributed by atoms with Gasteiger partial charge in [-0.05, 0) is 12.6 Å². The minimum Gasteiger partial charge on any atom is -0.333 e. The largest absolute Gasteiger partial charge is 0.333 e. The minimum atomic E-state index is 0.0913. The Bertz CT molecular complexity index is 154. The van der Waals surface area contributed by atoms with Crippen molar-refractivity contribution in [3.8, 4) is 0 Å². The predicted octanol–water partition coefficient (Wildman–Crippen LogP) is 3.39. The third kappa shape index (κ3) is 9.30. The molecule has 0 spiro atoms. The highest BCUT2D eigenvalue weighted by Crippen LogP contribution is 2.07. The van der Waals surface area contributed by atoms with Gasteiger partial charge in [-0.3, -0.25) is 4.79 Å². The van der Waals surface area contributed by atoms with Gasteiger partial charge in [-0.2, -0.15) is 0 Å². The van der Waals surface area contributed by atoms with E-state index in [4.69, 9.17) is 0 Å². The number of amides is 1. The first kappa shape index (κ1) is 13.2. The summed E-state index contributed by atoms with van der Waals surface area (Å²) in [7, 11) is 0. The van der Waals surface area contributed by atoms with E-state index in [0.717, 1.165) is 6.42 Å². The molecule has 0 fully saturated rings. The number of hydrogen-bond donors (Lipinski definition) is 1. The molecular weight excluding hydrogens is 174 g/mol. The van der Waals surface area contributed by atoms with Gasteiger partial charge in [-0.1, -0.05) is 52.0 Å². The van der Waals surface area contributed by atoms with Crippen molar-refractivity contribution in [3.05, 3.63) is 12.8 Å². The lowest BCUT2D eigenvalue weighted by Crippen LogP contribution is -2.15. The Labute approximate surface area is 87.8 Å². The van der Waals surface area contributed by atoms with Gasteiger partial charge in [-0.15, -0.1) is 0 Å². The first-order valence-corrected chi connectivity index (χ1v) is 5.71. The quantitative estimate of drug-likeness (QED) is 0.564. The average Bonchev–Trinajstić information content (AvgIpc) is 2.17. The van der Waals surface area contributed by atoms with E-state index in [1.54, 1.807) is 0 Å². The van der Waals surface area contributed by atoms with Crippen LogP contribution < -0.4 is 5.32 Å². The molecule has 1 N–H and O–H groups in total. The highest BCUT2D eigenvalue weighted by atomic mass is 16.1. The molecule has 0 bridgehead atoms. The third-order valence-corrected chi connectivity index (χ3v) is 2.27. The highest BCUT2D eigenvalue weighted by molar-refractivity contribution is 5.76. The normalized spacial score (nSPS) is 9.79. The maximum Gasteiger partial charge on any atom is 0.223 e. The molecule has 0 aromatic heterocycles. The van der Waals surface area contributed by atoms with Gasteiger partial charge >= 0.3 is 0 Å². The van der Waals surface area contributed by atoms with E-state index in [2.05, 4.69) is 18.8 Å². The van der Waals surface area contributed by atoms with Crippen LogP contribution in [0.15, 0.2) is 12.8 Å². The predicted molar refractivity (Wildman–Crippen MR) is 60.9 cm³/mol. The lowest BCUT2D eigenvalue weighted by Gasteiger charge is -2.00.